The quantitative estimate of drug-likeness (QED) is 0.723. The molecule has 0 bridgehead atoms. The SMILES string of the molecule is CCC(CC1CC1)NCC(O)COc1cccc(Br)c1. The summed E-state index contributed by atoms with van der Waals surface area (Å²) in [6.07, 6.45) is 4.66. The first kappa shape index (κ1) is 15.8. The molecule has 0 heterocycles. The van der Waals surface area contributed by atoms with Crippen LogP contribution >= 0.6 is 15.9 Å². The normalized spacial score (nSPS) is 17.8. The molecule has 0 spiro atoms. The van der Waals surface area contributed by atoms with Gasteiger partial charge in [0.25, 0.3) is 0 Å². The van der Waals surface area contributed by atoms with Crippen molar-refractivity contribution in [1.29, 1.82) is 0 Å². The average Bonchev–Trinajstić information content (AvgIpc) is 3.25. The van der Waals surface area contributed by atoms with Crippen molar-refractivity contribution in [3.8, 4) is 5.75 Å². The molecule has 0 saturated heterocycles. The number of hydrogen-bond acceptors (Lipinski definition) is 3. The Morgan fingerprint density at radius 2 is 2.25 bits per heavy atom. The molecule has 0 aliphatic heterocycles. The fraction of sp³-hybridized carbons (Fsp3) is 0.625. The van der Waals surface area contributed by atoms with E-state index in [4.69, 9.17) is 4.74 Å². The number of benzene rings is 1. The first-order chi connectivity index (χ1) is 9.67. The topological polar surface area (TPSA) is 41.5 Å². The molecular formula is C16H24BrNO2. The van der Waals surface area contributed by atoms with Gasteiger partial charge in [-0.25, -0.2) is 0 Å². The lowest BCUT2D eigenvalue weighted by Gasteiger charge is -2.19. The van der Waals surface area contributed by atoms with Crippen LogP contribution in [0.1, 0.15) is 32.6 Å². The van der Waals surface area contributed by atoms with Crippen LogP contribution in [0, 0.1) is 5.92 Å². The van der Waals surface area contributed by atoms with Crippen molar-refractivity contribution in [3.63, 3.8) is 0 Å². The monoisotopic (exact) mass is 341 g/mol. The molecule has 0 aromatic heterocycles. The lowest BCUT2D eigenvalue weighted by atomic mass is 10.1. The van der Waals surface area contributed by atoms with Gasteiger partial charge in [-0.3, -0.25) is 0 Å². The first-order valence-electron chi connectivity index (χ1n) is 7.47. The molecule has 20 heavy (non-hydrogen) atoms. The molecule has 0 radical (unpaired) electrons. The van der Waals surface area contributed by atoms with E-state index < -0.39 is 6.10 Å². The Hall–Kier alpha value is -0.580. The maximum Gasteiger partial charge on any atom is 0.120 e. The molecule has 112 valence electrons. The molecule has 1 aromatic rings. The second-order valence-corrected chi connectivity index (χ2v) is 6.53. The van der Waals surface area contributed by atoms with Gasteiger partial charge in [-0.1, -0.05) is 41.8 Å². The number of aliphatic hydroxyl groups is 1. The average molecular weight is 342 g/mol. The fourth-order valence-electron chi connectivity index (χ4n) is 2.26. The number of hydrogen-bond donors (Lipinski definition) is 2. The van der Waals surface area contributed by atoms with Crippen molar-refractivity contribution < 1.29 is 9.84 Å². The van der Waals surface area contributed by atoms with Crippen molar-refractivity contribution in [2.24, 2.45) is 5.92 Å². The standard InChI is InChI=1S/C16H24BrNO2/c1-2-14(8-12-6-7-12)18-10-15(19)11-20-16-5-3-4-13(17)9-16/h3-5,9,12,14-15,18-19H,2,6-8,10-11H2,1H3. The predicted octanol–water partition coefficient (Wildman–Crippen LogP) is 3.36. The van der Waals surface area contributed by atoms with Gasteiger partial charge in [0.15, 0.2) is 0 Å². The summed E-state index contributed by atoms with van der Waals surface area (Å²) in [7, 11) is 0. The van der Waals surface area contributed by atoms with E-state index in [0.29, 0.717) is 19.2 Å². The van der Waals surface area contributed by atoms with Crippen molar-refractivity contribution in [2.75, 3.05) is 13.2 Å². The summed E-state index contributed by atoms with van der Waals surface area (Å²) in [5, 5.41) is 13.4. The van der Waals surface area contributed by atoms with E-state index in [-0.39, 0.29) is 0 Å². The third-order valence-corrected chi connectivity index (χ3v) is 4.18. The zero-order valence-electron chi connectivity index (χ0n) is 12.0. The van der Waals surface area contributed by atoms with Gasteiger partial charge in [0.1, 0.15) is 18.5 Å². The van der Waals surface area contributed by atoms with Crippen molar-refractivity contribution in [3.05, 3.63) is 28.7 Å². The van der Waals surface area contributed by atoms with Crippen LogP contribution in [0.2, 0.25) is 0 Å². The van der Waals surface area contributed by atoms with Gasteiger partial charge in [0.2, 0.25) is 0 Å². The zero-order valence-corrected chi connectivity index (χ0v) is 13.6. The number of aliphatic hydroxyl groups excluding tert-OH is 1. The molecule has 1 aromatic carbocycles. The molecule has 1 aliphatic rings. The smallest absolute Gasteiger partial charge is 0.120 e. The van der Waals surface area contributed by atoms with Gasteiger partial charge in [-0.05, 0) is 37.0 Å². The fourth-order valence-corrected chi connectivity index (χ4v) is 2.64. The van der Waals surface area contributed by atoms with E-state index in [2.05, 4.69) is 28.2 Å². The van der Waals surface area contributed by atoms with E-state index in [9.17, 15) is 5.11 Å². The van der Waals surface area contributed by atoms with E-state index in [1.165, 1.54) is 19.3 Å². The second-order valence-electron chi connectivity index (χ2n) is 5.61. The lowest BCUT2D eigenvalue weighted by Crippen LogP contribution is -2.38. The molecule has 4 heteroatoms. The van der Waals surface area contributed by atoms with Crippen LogP contribution in [0.25, 0.3) is 0 Å². The Bertz CT molecular complexity index is 409. The van der Waals surface area contributed by atoms with Crippen molar-refractivity contribution in [2.45, 2.75) is 44.8 Å². The molecular weight excluding hydrogens is 318 g/mol. The summed E-state index contributed by atoms with van der Waals surface area (Å²) in [4.78, 5) is 0. The van der Waals surface area contributed by atoms with Gasteiger partial charge in [0.05, 0.1) is 0 Å². The molecule has 3 nitrogen and oxygen atoms in total. The summed E-state index contributed by atoms with van der Waals surface area (Å²) >= 11 is 3.40. The Balaban J connectivity index is 1.65. The largest absolute Gasteiger partial charge is 0.491 e. The number of ether oxygens (including phenoxy) is 1. The Morgan fingerprint density at radius 1 is 1.45 bits per heavy atom. The summed E-state index contributed by atoms with van der Waals surface area (Å²) in [5.41, 5.74) is 0. The van der Waals surface area contributed by atoms with Gasteiger partial charge >= 0.3 is 0 Å². The molecule has 0 amide bonds. The second kappa shape index (κ2) is 8.01. The van der Waals surface area contributed by atoms with Crippen LogP contribution in [0.3, 0.4) is 0 Å². The summed E-state index contributed by atoms with van der Waals surface area (Å²) in [6, 6.07) is 8.21. The molecule has 2 atom stereocenters. The van der Waals surface area contributed by atoms with Gasteiger partial charge in [0, 0.05) is 17.1 Å². The van der Waals surface area contributed by atoms with Crippen molar-refractivity contribution in [1.82, 2.24) is 5.32 Å². The highest BCUT2D eigenvalue weighted by Gasteiger charge is 2.24. The van der Waals surface area contributed by atoms with Crippen LogP contribution in [-0.2, 0) is 0 Å². The molecule has 2 rings (SSSR count). The minimum Gasteiger partial charge on any atom is -0.491 e. The van der Waals surface area contributed by atoms with Crippen LogP contribution < -0.4 is 10.1 Å². The minimum absolute atomic E-state index is 0.323. The Kier molecular flexibility index (Phi) is 6.33. The summed E-state index contributed by atoms with van der Waals surface area (Å²) < 4.78 is 6.57. The zero-order chi connectivity index (χ0) is 14.4. The van der Waals surface area contributed by atoms with Gasteiger partial charge in [-0.15, -0.1) is 0 Å². The van der Waals surface area contributed by atoms with Crippen LogP contribution in [0.15, 0.2) is 28.7 Å². The highest BCUT2D eigenvalue weighted by atomic mass is 79.9. The van der Waals surface area contributed by atoms with Crippen LogP contribution in [-0.4, -0.2) is 30.4 Å². The minimum atomic E-state index is -0.470. The third-order valence-electron chi connectivity index (χ3n) is 3.69. The number of nitrogens with one attached hydrogen (secondary N) is 1. The number of halogens is 1. The maximum atomic E-state index is 9.97. The summed E-state index contributed by atoms with van der Waals surface area (Å²) in [5.74, 6) is 1.70. The van der Waals surface area contributed by atoms with Gasteiger partial charge in [-0.2, -0.15) is 0 Å². The molecule has 1 saturated carbocycles. The molecule has 1 aliphatic carbocycles. The summed E-state index contributed by atoms with van der Waals surface area (Å²) in [6.45, 7) is 3.12. The van der Waals surface area contributed by atoms with Gasteiger partial charge < -0.3 is 15.2 Å². The van der Waals surface area contributed by atoms with Crippen LogP contribution in [0.5, 0.6) is 5.75 Å². The Labute approximate surface area is 129 Å². The maximum absolute atomic E-state index is 9.97. The van der Waals surface area contributed by atoms with E-state index in [0.717, 1.165) is 22.6 Å². The highest BCUT2D eigenvalue weighted by Crippen LogP contribution is 2.33. The van der Waals surface area contributed by atoms with E-state index in [1.807, 2.05) is 24.3 Å². The molecule has 2 unspecified atom stereocenters. The first-order valence-corrected chi connectivity index (χ1v) is 8.26. The molecule has 2 N–H and O–H groups in total. The van der Waals surface area contributed by atoms with Crippen LogP contribution in [0.4, 0.5) is 0 Å². The van der Waals surface area contributed by atoms with E-state index in [1.54, 1.807) is 0 Å². The predicted molar refractivity (Wildman–Crippen MR) is 85.1 cm³/mol. The van der Waals surface area contributed by atoms with E-state index >= 15 is 0 Å². The van der Waals surface area contributed by atoms with Crippen molar-refractivity contribution >= 4 is 15.9 Å². The Morgan fingerprint density at radius 3 is 2.90 bits per heavy atom. The highest BCUT2D eigenvalue weighted by molar-refractivity contribution is 9.10. The molecule has 1 fully saturated rings. The lowest BCUT2D eigenvalue weighted by molar-refractivity contribution is 0.103. The third kappa shape index (κ3) is 5.81. The number of rotatable bonds is 9.